The Balaban J connectivity index is 1.23. The van der Waals surface area contributed by atoms with E-state index in [2.05, 4.69) is 62.6 Å². The molecule has 0 radical (unpaired) electrons. The first-order chi connectivity index (χ1) is 16.5. The Hall–Kier alpha value is -1.73. The highest BCUT2D eigenvalue weighted by Crippen LogP contribution is 2.42. The standard InChI is InChI=1S/C27H41N5OS/c1-18(2)26-30-29-19(3)32(26)24-15-22-9-10-23(16-24)31(22)13-11-25(21-12-14-34-17-21)28-27(33)20-7-5-4-6-8-20/h12,14,17-18,20,22-25H,4-11,13,15-16H2,1-3H3,(H,28,33)/t22-,23-,25-/m0/s1. The van der Waals surface area contributed by atoms with E-state index in [0.717, 1.165) is 37.5 Å². The summed E-state index contributed by atoms with van der Waals surface area (Å²) in [5.41, 5.74) is 1.28. The van der Waals surface area contributed by atoms with E-state index >= 15 is 0 Å². The van der Waals surface area contributed by atoms with Gasteiger partial charge in [-0.3, -0.25) is 9.69 Å². The molecule has 0 spiro atoms. The van der Waals surface area contributed by atoms with Gasteiger partial charge in [-0.1, -0.05) is 33.1 Å². The first kappa shape index (κ1) is 24.0. The normalized spacial score (nSPS) is 26.8. The maximum absolute atomic E-state index is 13.1. The van der Waals surface area contributed by atoms with Crippen LogP contribution in [0.3, 0.4) is 0 Å². The summed E-state index contributed by atoms with van der Waals surface area (Å²) < 4.78 is 2.44. The van der Waals surface area contributed by atoms with Gasteiger partial charge in [0.2, 0.25) is 5.91 Å². The average molecular weight is 484 g/mol. The number of carbonyl (C=O) groups is 1. The number of nitrogens with one attached hydrogen (secondary N) is 1. The van der Waals surface area contributed by atoms with Gasteiger partial charge in [-0.2, -0.15) is 11.3 Å². The van der Waals surface area contributed by atoms with Crippen molar-refractivity contribution in [2.24, 2.45) is 5.92 Å². The average Bonchev–Trinajstić information content (AvgIpc) is 3.55. The van der Waals surface area contributed by atoms with Crippen LogP contribution >= 0.6 is 11.3 Å². The molecule has 186 valence electrons. The van der Waals surface area contributed by atoms with Gasteiger partial charge in [-0.25, -0.2) is 0 Å². The van der Waals surface area contributed by atoms with Crippen molar-refractivity contribution in [3.63, 3.8) is 0 Å². The van der Waals surface area contributed by atoms with Crippen LogP contribution in [-0.2, 0) is 4.79 Å². The number of hydrogen-bond donors (Lipinski definition) is 1. The summed E-state index contributed by atoms with van der Waals surface area (Å²) >= 11 is 1.73. The molecule has 1 aliphatic carbocycles. The zero-order valence-electron chi connectivity index (χ0n) is 21.1. The molecular formula is C27H41N5OS. The molecule has 2 aromatic rings. The summed E-state index contributed by atoms with van der Waals surface area (Å²) in [7, 11) is 0. The van der Waals surface area contributed by atoms with Crippen LogP contribution in [0.25, 0.3) is 0 Å². The summed E-state index contributed by atoms with van der Waals surface area (Å²) in [6.45, 7) is 7.60. The van der Waals surface area contributed by atoms with Crippen LogP contribution in [0, 0.1) is 12.8 Å². The highest BCUT2D eigenvalue weighted by atomic mass is 32.1. The lowest BCUT2D eigenvalue weighted by Gasteiger charge is -2.40. The maximum Gasteiger partial charge on any atom is 0.223 e. The summed E-state index contributed by atoms with van der Waals surface area (Å²) in [4.78, 5) is 15.8. The minimum atomic E-state index is 0.130. The van der Waals surface area contributed by atoms with Crippen LogP contribution in [0.15, 0.2) is 16.8 Å². The minimum absolute atomic E-state index is 0.130. The molecule has 7 heteroatoms. The molecule has 0 aromatic carbocycles. The zero-order chi connectivity index (χ0) is 23.7. The summed E-state index contributed by atoms with van der Waals surface area (Å²) in [5.74, 6) is 3.09. The number of rotatable bonds is 8. The van der Waals surface area contributed by atoms with Crippen molar-refractivity contribution in [1.29, 1.82) is 0 Å². The van der Waals surface area contributed by atoms with Crippen molar-refractivity contribution >= 4 is 17.2 Å². The molecule has 5 rings (SSSR count). The molecule has 2 aliphatic heterocycles. The molecule has 0 unspecified atom stereocenters. The van der Waals surface area contributed by atoms with Crippen molar-refractivity contribution < 1.29 is 4.79 Å². The lowest BCUT2D eigenvalue weighted by Crippen LogP contribution is -2.45. The zero-order valence-corrected chi connectivity index (χ0v) is 21.9. The molecule has 1 amide bonds. The first-order valence-electron chi connectivity index (χ1n) is 13.5. The number of fused-ring (bicyclic) bond motifs is 2. The van der Waals surface area contributed by atoms with E-state index in [1.54, 1.807) is 11.3 Å². The van der Waals surface area contributed by atoms with Gasteiger partial charge in [-0.05, 0) is 74.3 Å². The van der Waals surface area contributed by atoms with Crippen molar-refractivity contribution in [2.75, 3.05) is 6.54 Å². The van der Waals surface area contributed by atoms with Crippen LogP contribution in [0.4, 0.5) is 0 Å². The second-order valence-electron chi connectivity index (χ2n) is 11.1. The fourth-order valence-electron chi connectivity index (χ4n) is 6.78. The van der Waals surface area contributed by atoms with Crippen molar-refractivity contribution in [3.05, 3.63) is 34.0 Å². The van der Waals surface area contributed by atoms with Gasteiger partial charge in [0.25, 0.3) is 0 Å². The number of amides is 1. The Labute approximate surface area is 208 Å². The van der Waals surface area contributed by atoms with Crippen LogP contribution in [0.5, 0.6) is 0 Å². The molecule has 34 heavy (non-hydrogen) atoms. The van der Waals surface area contributed by atoms with Crippen LogP contribution < -0.4 is 5.32 Å². The second-order valence-corrected chi connectivity index (χ2v) is 11.9. The van der Waals surface area contributed by atoms with E-state index < -0.39 is 0 Å². The van der Waals surface area contributed by atoms with Crippen molar-refractivity contribution in [2.45, 2.75) is 115 Å². The highest BCUT2D eigenvalue weighted by molar-refractivity contribution is 7.08. The molecule has 6 nitrogen and oxygen atoms in total. The predicted molar refractivity (Wildman–Crippen MR) is 137 cm³/mol. The molecule has 1 saturated carbocycles. The number of aryl methyl sites for hydroxylation is 1. The third-order valence-corrected chi connectivity index (χ3v) is 9.25. The SMILES string of the molecule is Cc1nnc(C(C)C)n1C1C[C@@H]2CC[C@@H](C1)N2CC[C@H](NC(=O)C1CCCCC1)c1ccsc1. The summed E-state index contributed by atoms with van der Waals surface area (Å²) in [5, 5.41) is 16.7. The number of hydrogen-bond acceptors (Lipinski definition) is 5. The molecule has 3 atom stereocenters. The van der Waals surface area contributed by atoms with Gasteiger partial charge in [-0.15, -0.1) is 10.2 Å². The van der Waals surface area contributed by atoms with Crippen molar-refractivity contribution in [3.8, 4) is 0 Å². The Morgan fingerprint density at radius 3 is 2.47 bits per heavy atom. The largest absolute Gasteiger partial charge is 0.349 e. The van der Waals surface area contributed by atoms with Crippen LogP contribution in [0.1, 0.15) is 113 Å². The third kappa shape index (κ3) is 4.97. The lowest BCUT2D eigenvalue weighted by atomic mass is 9.88. The third-order valence-electron chi connectivity index (χ3n) is 8.55. The number of piperidine rings is 1. The van der Waals surface area contributed by atoms with Gasteiger partial charge in [0, 0.05) is 36.5 Å². The van der Waals surface area contributed by atoms with Crippen LogP contribution in [0.2, 0.25) is 0 Å². The molecule has 2 aromatic heterocycles. The quantitative estimate of drug-likeness (QED) is 0.518. The molecule has 1 N–H and O–H groups in total. The van der Waals surface area contributed by atoms with E-state index in [-0.39, 0.29) is 17.9 Å². The number of aromatic nitrogens is 3. The van der Waals surface area contributed by atoms with Crippen molar-refractivity contribution in [1.82, 2.24) is 25.0 Å². The Bertz CT molecular complexity index is 934. The van der Waals surface area contributed by atoms with Crippen LogP contribution in [-0.4, -0.2) is 44.2 Å². The number of nitrogens with zero attached hydrogens (tertiary/aromatic N) is 4. The smallest absolute Gasteiger partial charge is 0.223 e. The Morgan fingerprint density at radius 1 is 1.09 bits per heavy atom. The fraction of sp³-hybridized carbons (Fsp3) is 0.741. The molecule has 2 bridgehead atoms. The molecular weight excluding hydrogens is 442 g/mol. The predicted octanol–water partition coefficient (Wildman–Crippen LogP) is 5.77. The Morgan fingerprint density at radius 2 is 1.82 bits per heavy atom. The summed E-state index contributed by atoms with van der Waals surface area (Å²) in [6.07, 6.45) is 11.7. The first-order valence-corrected chi connectivity index (χ1v) is 14.4. The second kappa shape index (κ2) is 10.5. The van der Waals surface area contributed by atoms with Gasteiger partial charge >= 0.3 is 0 Å². The fourth-order valence-corrected chi connectivity index (χ4v) is 7.49. The molecule has 2 saturated heterocycles. The van der Waals surface area contributed by atoms with E-state index in [1.807, 2.05) is 0 Å². The number of carbonyl (C=O) groups excluding carboxylic acids is 1. The van der Waals surface area contributed by atoms with E-state index in [9.17, 15) is 4.79 Å². The van der Waals surface area contributed by atoms with E-state index in [4.69, 9.17) is 0 Å². The number of thiophene rings is 1. The maximum atomic E-state index is 13.1. The van der Waals surface area contributed by atoms with E-state index in [0.29, 0.717) is 24.0 Å². The molecule has 3 fully saturated rings. The van der Waals surface area contributed by atoms with Gasteiger partial charge < -0.3 is 9.88 Å². The minimum Gasteiger partial charge on any atom is -0.349 e. The topological polar surface area (TPSA) is 63.1 Å². The Kier molecular flexibility index (Phi) is 7.40. The van der Waals surface area contributed by atoms with Gasteiger partial charge in [0.15, 0.2) is 0 Å². The monoisotopic (exact) mass is 483 g/mol. The van der Waals surface area contributed by atoms with E-state index in [1.165, 1.54) is 50.5 Å². The molecule has 4 heterocycles. The lowest BCUT2D eigenvalue weighted by molar-refractivity contribution is -0.126. The highest BCUT2D eigenvalue weighted by Gasteiger charge is 2.42. The van der Waals surface area contributed by atoms with Gasteiger partial charge in [0.1, 0.15) is 11.6 Å². The molecule has 3 aliphatic rings. The summed E-state index contributed by atoms with van der Waals surface area (Å²) in [6, 6.07) is 4.09. The van der Waals surface area contributed by atoms with Gasteiger partial charge in [0.05, 0.1) is 6.04 Å².